The van der Waals surface area contributed by atoms with Crippen molar-refractivity contribution in [2.75, 3.05) is 16.0 Å². The summed E-state index contributed by atoms with van der Waals surface area (Å²) in [5, 5.41) is 26.7. The van der Waals surface area contributed by atoms with Crippen LogP contribution in [-0.2, 0) is 9.59 Å². The van der Waals surface area contributed by atoms with E-state index in [0.717, 1.165) is 0 Å². The van der Waals surface area contributed by atoms with E-state index in [4.69, 9.17) is 5.26 Å². The van der Waals surface area contributed by atoms with Gasteiger partial charge < -0.3 is 21.1 Å². The summed E-state index contributed by atoms with van der Waals surface area (Å²) in [7, 11) is 0. The number of rotatable bonds is 5. The maximum Gasteiger partial charge on any atom is 0.267 e. The van der Waals surface area contributed by atoms with E-state index in [1.807, 2.05) is 0 Å². The Labute approximate surface area is 144 Å². The maximum absolute atomic E-state index is 12.1. The van der Waals surface area contributed by atoms with E-state index in [2.05, 4.69) is 16.0 Å². The van der Waals surface area contributed by atoms with Crippen molar-refractivity contribution in [1.29, 1.82) is 5.26 Å². The van der Waals surface area contributed by atoms with Gasteiger partial charge in [0.25, 0.3) is 5.91 Å². The average molecular weight is 336 g/mol. The van der Waals surface area contributed by atoms with Crippen LogP contribution in [0.5, 0.6) is 5.75 Å². The van der Waals surface area contributed by atoms with Gasteiger partial charge in [-0.05, 0) is 36.4 Å². The Kier molecular flexibility index (Phi) is 5.74. The van der Waals surface area contributed by atoms with Crippen LogP contribution in [0.25, 0.3) is 0 Å². The highest BCUT2D eigenvalue weighted by Gasteiger charge is 2.11. The van der Waals surface area contributed by atoms with Crippen molar-refractivity contribution in [2.45, 2.75) is 6.92 Å². The van der Waals surface area contributed by atoms with Crippen LogP contribution in [0.4, 0.5) is 17.1 Å². The first-order valence-electron chi connectivity index (χ1n) is 7.33. The van der Waals surface area contributed by atoms with Crippen LogP contribution in [0.3, 0.4) is 0 Å². The van der Waals surface area contributed by atoms with Crippen LogP contribution in [0, 0.1) is 11.3 Å². The molecule has 4 N–H and O–H groups in total. The average Bonchev–Trinajstić information content (AvgIpc) is 2.58. The summed E-state index contributed by atoms with van der Waals surface area (Å²) in [6, 6.07) is 14.8. The monoisotopic (exact) mass is 336 g/mol. The number of para-hydroxylation sites is 2. The van der Waals surface area contributed by atoms with Gasteiger partial charge in [-0.2, -0.15) is 5.26 Å². The van der Waals surface area contributed by atoms with Gasteiger partial charge in [0.1, 0.15) is 17.4 Å². The first-order chi connectivity index (χ1) is 12.0. The third kappa shape index (κ3) is 5.11. The fraction of sp³-hybridized carbons (Fsp3) is 0.0556. The van der Waals surface area contributed by atoms with Crippen molar-refractivity contribution in [3.8, 4) is 11.8 Å². The second-order valence-electron chi connectivity index (χ2n) is 5.04. The molecule has 0 aliphatic carbocycles. The molecule has 2 rings (SSSR count). The van der Waals surface area contributed by atoms with Crippen molar-refractivity contribution in [1.82, 2.24) is 0 Å². The minimum absolute atomic E-state index is 0.0883. The number of amides is 2. The van der Waals surface area contributed by atoms with E-state index in [-0.39, 0.29) is 22.9 Å². The smallest absolute Gasteiger partial charge is 0.267 e. The first-order valence-corrected chi connectivity index (χ1v) is 7.33. The number of nitrogens with one attached hydrogen (secondary N) is 3. The predicted octanol–water partition coefficient (Wildman–Crippen LogP) is 2.81. The molecule has 25 heavy (non-hydrogen) atoms. The molecule has 0 aliphatic rings. The van der Waals surface area contributed by atoms with Crippen molar-refractivity contribution < 1.29 is 14.7 Å². The van der Waals surface area contributed by atoms with E-state index in [1.165, 1.54) is 25.3 Å². The molecule has 0 saturated carbocycles. The SMILES string of the molecule is CC(=O)Nc1ccc(N/C=C(/C#N)C(=O)Nc2ccccc2O)cc1. The predicted molar refractivity (Wildman–Crippen MR) is 94.8 cm³/mol. The molecule has 126 valence electrons. The molecule has 0 radical (unpaired) electrons. The largest absolute Gasteiger partial charge is 0.506 e. The minimum Gasteiger partial charge on any atom is -0.506 e. The second kappa shape index (κ2) is 8.17. The van der Waals surface area contributed by atoms with Gasteiger partial charge in [0, 0.05) is 24.5 Å². The number of aromatic hydroxyl groups is 1. The van der Waals surface area contributed by atoms with Crippen LogP contribution in [0.1, 0.15) is 6.92 Å². The van der Waals surface area contributed by atoms with Crippen LogP contribution < -0.4 is 16.0 Å². The van der Waals surface area contributed by atoms with E-state index in [0.29, 0.717) is 11.4 Å². The molecule has 7 nitrogen and oxygen atoms in total. The molecule has 0 aromatic heterocycles. The van der Waals surface area contributed by atoms with Crippen molar-refractivity contribution in [3.63, 3.8) is 0 Å². The Balaban J connectivity index is 2.04. The van der Waals surface area contributed by atoms with Crippen LogP contribution in [0.15, 0.2) is 60.3 Å². The number of carbonyl (C=O) groups excluding carboxylic acids is 2. The molecule has 0 atom stereocenters. The Bertz CT molecular complexity index is 851. The zero-order chi connectivity index (χ0) is 18.2. The molecule has 0 unspecified atom stereocenters. The molecule has 0 saturated heterocycles. The Hall–Kier alpha value is -3.79. The summed E-state index contributed by atoms with van der Waals surface area (Å²) in [4.78, 5) is 23.1. The van der Waals surface area contributed by atoms with Gasteiger partial charge >= 0.3 is 0 Å². The highest BCUT2D eigenvalue weighted by molar-refractivity contribution is 6.07. The van der Waals surface area contributed by atoms with Gasteiger partial charge in [-0.15, -0.1) is 0 Å². The molecule has 0 bridgehead atoms. The number of phenols is 1. The Morgan fingerprint density at radius 2 is 1.68 bits per heavy atom. The van der Waals surface area contributed by atoms with Crippen LogP contribution in [0.2, 0.25) is 0 Å². The zero-order valence-electron chi connectivity index (χ0n) is 13.4. The molecule has 0 heterocycles. The summed E-state index contributed by atoms with van der Waals surface area (Å²) >= 11 is 0. The quantitative estimate of drug-likeness (QED) is 0.381. The molecule has 0 spiro atoms. The second-order valence-corrected chi connectivity index (χ2v) is 5.04. The third-order valence-corrected chi connectivity index (χ3v) is 3.11. The number of hydrogen-bond donors (Lipinski definition) is 4. The van der Waals surface area contributed by atoms with Crippen molar-refractivity contribution >= 4 is 28.9 Å². The summed E-state index contributed by atoms with van der Waals surface area (Å²) in [5.41, 5.74) is 1.33. The Morgan fingerprint density at radius 1 is 1.04 bits per heavy atom. The number of benzene rings is 2. The van der Waals surface area contributed by atoms with Gasteiger partial charge in [0.15, 0.2) is 0 Å². The highest BCUT2D eigenvalue weighted by atomic mass is 16.3. The fourth-order valence-corrected chi connectivity index (χ4v) is 1.93. The lowest BCUT2D eigenvalue weighted by Crippen LogP contribution is -2.14. The number of phenolic OH excluding ortho intramolecular Hbond substituents is 1. The highest BCUT2D eigenvalue weighted by Crippen LogP contribution is 2.22. The molecule has 2 aromatic rings. The molecule has 7 heteroatoms. The van der Waals surface area contributed by atoms with Crippen LogP contribution >= 0.6 is 0 Å². The lowest BCUT2D eigenvalue weighted by atomic mass is 10.2. The molecule has 2 amide bonds. The summed E-state index contributed by atoms with van der Waals surface area (Å²) in [6.07, 6.45) is 1.27. The summed E-state index contributed by atoms with van der Waals surface area (Å²) < 4.78 is 0. The fourth-order valence-electron chi connectivity index (χ4n) is 1.93. The van der Waals surface area contributed by atoms with Gasteiger partial charge in [-0.3, -0.25) is 9.59 Å². The number of carbonyl (C=O) groups is 2. The van der Waals surface area contributed by atoms with Gasteiger partial charge in [0.05, 0.1) is 5.69 Å². The maximum atomic E-state index is 12.1. The van der Waals surface area contributed by atoms with E-state index < -0.39 is 5.91 Å². The molecular weight excluding hydrogens is 320 g/mol. The van der Waals surface area contributed by atoms with E-state index in [9.17, 15) is 14.7 Å². The van der Waals surface area contributed by atoms with Crippen molar-refractivity contribution in [3.05, 3.63) is 60.3 Å². The van der Waals surface area contributed by atoms with E-state index >= 15 is 0 Å². The zero-order valence-corrected chi connectivity index (χ0v) is 13.4. The molecule has 0 aliphatic heterocycles. The third-order valence-electron chi connectivity index (χ3n) is 3.11. The standard InChI is InChI=1S/C18H16N4O3/c1-12(23)21-15-8-6-14(7-9-15)20-11-13(10-19)18(25)22-16-4-2-3-5-17(16)24/h2-9,11,20,24H,1H3,(H,21,23)(H,22,25)/b13-11-. The van der Waals surface area contributed by atoms with Crippen LogP contribution in [-0.4, -0.2) is 16.9 Å². The Morgan fingerprint density at radius 3 is 2.28 bits per heavy atom. The number of nitrogens with zero attached hydrogens (tertiary/aromatic N) is 1. The molecule has 2 aromatic carbocycles. The molecule has 0 fully saturated rings. The lowest BCUT2D eigenvalue weighted by molar-refractivity contribution is -0.114. The van der Waals surface area contributed by atoms with Gasteiger partial charge in [-0.25, -0.2) is 0 Å². The van der Waals surface area contributed by atoms with E-state index in [1.54, 1.807) is 42.5 Å². The normalized spacial score (nSPS) is 10.5. The summed E-state index contributed by atoms with van der Waals surface area (Å²) in [6.45, 7) is 1.41. The number of nitriles is 1. The minimum atomic E-state index is -0.647. The molecular formula is C18H16N4O3. The number of anilines is 3. The van der Waals surface area contributed by atoms with Gasteiger partial charge in [-0.1, -0.05) is 12.1 Å². The topological polar surface area (TPSA) is 114 Å². The lowest BCUT2D eigenvalue weighted by Gasteiger charge is -2.07. The first kappa shape index (κ1) is 17.6. The van der Waals surface area contributed by atoms with Crippen molar-refractivity contribution in [2.24, 2.45) is 0 Å². The number of hydrogen-bond acceptors (Lipinski definition) is 5. The van der Waals surface area contributed by atoms with Gasteiger partial charge in [0.2, 0.25) is 5.91 Å². The summed E-state index contributed by atoms with van der Waals surface area (Å²) in [5.74, 6) is -0.908.